The third kappa shape index (κ3) is 4.53. The first-order chi connectivity index (χ1) is 10.8. The first kappa shape index (κ1) is 17.9. The molecule has 0 aliphatic carbocycles. The fraction of sp³-hybridized carbons (Fsp3) is 0.500. The van der Waals surface area contributed by atoms with E-state index in [0.29, 0.717) is 17.9 Å². The van der Waals surface area contributed by atoms with Gasteiger partial charge in [-0.15, -0.1) is 0 Å². The van der Waals surface area contributed by atoms with Gasteiger partial charge in [0.25, 0.3) is 0 Å². The van der Waals surface area contributed by atoms with Gasteiger partial charge < -0.3 is 5.11 Å². The minimum Gasteiger partial charge on any atom is -0.481 e. The average molecular weight is 360 g/mol. The molecule has 0 amide bonds. The van der Waals surface area contributed by atoms with Crippen molar-refractivity contribution in [2.75, 3.05) is 11.5 Å². The number of aliphatic carboxylic acids is 1. The van der Waals surface area contributed by atoms with E-state index < -0.39 is 28.5 Å². The Morgan fingerprint density at radius 2 is 1.87 bits per heavy atom. The molecule has 1 saturated heterocycles. The van der Waals surface area contributed by atoms with Crippen LogP contribution in [0, 0.1) is 5.92 Å². The predicted octanol–water partition coefficient (Wildman–Crippen LogP) is 4.35. The van der Waals surface area contributed by atoms with Gasteiger partial charge in [-0.25, -0.2) is 0 Å². The van der Waals surface area contributed by atoms with Gasteiger partial charge in [-0.1, -0.05) is 28.8 Å². The molecule has 1 aromatic carbocycles. The fourth-order valence-electron chi connectivity index (χ4n) is 3.01. The minimum atomic E-state index is -2.57. The molecular weight excluding hydrogens is 342 g/mol. The zero-order valence-corrected chi connectivity index (χ0v) is 13.8. The highest BCUT2D eigenvalue weighted by atomic mass is 35.5. The van der Waals surface area contributed by atoms with Crippen molar-refractivity contribution in [2.24, 2.45) is 11.0 Å². The van der Waals surface area contributed by atoms with E-state index in [2.05, 4.69) is 10.0 Å². The lowest BCUT2D eigenvalue weighted by Gasteiger charge is -2.42. The largest absolute Gasteiger partial charge is 0.481 e. The molecule has 1 aliphatic rings. The summed E-state index contributed by atoms with van der Waals surface area (Å²) in [6, 6.07) is 5.53. The van der Waals surface area contributed by atoms with Crippen molar-refractivity contribution in [1.82, 2.24) is 0 Å². The molecule has 126 valence electrons. The molecule has 1 heterocycles. The van der Waals surface area contributed by atoms with E-state index in [4.69, 9.17) is 17.1 Å². The van der Waals surface area contributed by atoms with Crippen LogP contribution in [0.25, 0.3) is 10.4 Å². The fourth-order valence-corrected chi connectivity index (χ4v) is 4.70. The number of halogens is 1. The SMILES string of the molecule is [N-]=[N+]=N[C@H](C(=O)O)[C@@H](c1ccc(Cl)cc1)C1CCS(O)(O)CC1. The van der Waals surface area contributed by atoms with Crippen molar-refractivity contribution < 1.29 is 19.0 Å². The monoisotopic (exact) mass is 359 g/mol. The Balaban J connectivity index is 2.36. The first-order valence-corrected chi connectivity index (χ1v) is 9.36. The molecule has 2 rings (SSSR count). The van der Waals surface area contributed by atoms with E-state index in [9.17, 15) is 19.0 Å². The molecule has 0 bridgehead atoms. The zero-order chi connectivity index (χ0) is 17.0. The summed E-state index contributed by atoms with van der Waals surface area (Å²) in [6.07, 6.45) is 0.945. The second-order valence-electron chi connectivity index (χ2n) is 5.61. The second-order valence-corrected chi connectivity index (χ2v) is 8.47. The van der Waals surface area contributed by atoms with Crippen molar-refractivity contribution in [3.8, 4) is 0 Å². The molecule has 2 atom stereocenters. The van der Waals surface area contributed by atoms with Gasteiger partial charge >= 0.3 is 5.97 Å². The number of hydrogen-bond acceptors (Lipinski definition) is 4. The molecule has 0 spiro atoms. The number of nitrogens with zero attached hydrogens (tertiary/aromatic N) is 3. The molecule has 9 heteroatoms. The maximum Gasteiger partial charge on any atom is 0.313 e. The molecule has 1 fully saturated rings. The summed E-state index contributed by atoms with van der Waals surface area (Å²) in [5, 5.41) is 13.4. The summed E-state index contributed by atoms with van der Waals surface area (Å²) in [4.78, 5) is 14.2. The summed E-state index contributed by atoms with van der Waals surface area (Å²) in [5.41, 5.74) is 9.42. The average Bonchev–Trinajstić information content (AvgIpc) is 2.49. The molecule has 23 heavy (non-hydrogen) atoms. The zero-order valence-electron chi connectivity index (χ0n) is 12.2. The molecule has 0 radical (unpaired) electrons. The summed E-state index contributed by atoms with van der Waals surface area (Å²) in [6.45, 7) is 0. The lowest BCUT2D eigenvalue weighted by atomic mass is 9.78. The third-order valence-corrected chi connectivity index (χ3v) is 6.19. The molecule has 0 aromatic heterocycles. The van der Waals surface area contributed by atoms with E-state index >= 15 is 0 Å². The van der Waals surface area contributed by atoms with E-state index in [-0.39, 0.29) is 17.4 Å². The minimum absolute atomic E-state index is 0.109. The Morgan fingerprint density at radius 3 is 2.35 bits per heavy atom. The van der Waals surface area contributed by atoms with Crippen LogP contribution in [0.4, 0.5) is 0 Å². The third-order valence-electron chi connectivity index (χ3n) is 4.16. The quantitative estimate of drug-likeness (QED) is 0.410. The van der Waals surface area contributed by atoms with E-state index in [1.807, 2.05) is 0 Å². The number of carbonyl (C=O) groups is 1. The van der Waals surface area contributed by atoms with Crippen LogP contribution >= 0.6 is 22.2 Å². The maximum absolute atomic E-state index is 11.6. The van der Waals surface area contributed by atoms with Gasteiger partial charge in [0.1, 0.15) is 6.04 Å². The van der Waals surface area contributed by atoms with Crippen molar-refractivity contribution in [1.29, 1.82) is 0 Å². The number of hydrogen-bond donors (Lipinski definition) is 3. The van der Waals surface area contributed by atoms with Crippen LogP contribution in [-0.4, -0.2) is 37.7 Å². The summed E-state index contributed by atoms with van der Waals surface area (Å²) in [5.74, 6) is -1.35. The van der Waals surface area contributed by atoms with Crippen molar-refractivity contribution in [2.45, 2.75) is 24.8 Å². The molecular formula is C14H18ClN3O4S. The molecule has 3 N–H and O–H groups in total. The molecule has 1 aliphatic heterocycles. The normalized spacial score (nSPS) is 21.7. The van der Waals surface area contributed by atoms with Gasteiger partial charge in [0, 0.05) is 27.4 Å². The van der Waals surface area contributed by atoms with Gasteiger partial charge in [0.15, 0.2) is 0 Å². The lowest BCUT2D eigenvalue weighted by Crippen LogP contribution is -2.34. The van der Waals surface area contributed by atoms with Crippen molar-refractivity contribution in [3.05, 3.63) is 45.3 Å². The number of azide groups is 1. The molecule has 0 unspecified atom stereocenters. The smallest absolute Gasteiger partial charge is 0.313 e. The second kappa shape index (κ2) is 7.42. The van der Waals surface area contributed by atoms with Crippen LogP contribution in [0.3, 0.4) is 0 Å². The maximum atomic E-state index is 11.6. The van der Waals surface area contributed by atoms with Crippen molar-refractivity contribution in [3.63, 3.8) is 0 Å². The Hall–Kier alpha value is -1.44. The van der Waals surface area contributed by atoms with Gasteiger partial charge in [-0.3, -0.25) is 13.9 Å². The number of benzene rings is 1. The summed E-state index contributed by atoms with van der Waals surface area (Å²) in [7, 11) is -2.57. The predicted molar refractivity (Wildman–Crippen MR) is 90.1 cm³/mol. The highest BCUT2D eigenvalue weighted by molar-refractivity contribution is 8.24. The lowest BCUT2D eigenvalue weighted by molar-refractivity contribution is -0.139. The first-order valence-electron chi connectivity index (χ1n) is 7.10. The molecule has 7 nitrogen and oxygen atoms in total. The Labute approximate surface area is 140 Å². The van der Waals surface area contributed by atoms with Gasteiger partial charge in [0.2, 0.25) is 0 Å². The van der Waals surface area contributed by atoms with E-state index in [1.54, 1.807) is 24.3 Å². The van der Waals surface area contributed by atoms with Crippen LogP contribution in [-0.2, 0) is 4.79 Å². The molecule has 0 saturated carbocycles. The number of carboxylic acid groups (broad SMARTS) is 1. The summed E-state index contributed by atoms with van der Waals surface area (Å²) >= 11 is 5.88. The van der Waals surface area contributed by atoms with Crippen LogP contribution in [0.5, 0.6) is 0 Å². The van der Waals surface area contributed by atoms with Gasteiger partial charge in [0.05, 0.1) is 0 Å². The summed E-state index contributed by atoms with van der Waals surface area (Å²) < 4.78 is 19.5. The van der Waals surface area contributed by atoms with Crippen molar-refractivity contribution >= 4 is 28.2 Å². The van der Waals surface area contributed by atoms with Gasteiger partial charge in [-0.2, -0.15) is 10.6 Å². The van der Waals surface area contributed by atoms with E-state index in [1.165, 1.54) is 0 Å². The van der Waals surface area contributed by atoms with Crippen LogP contribution in [0.2, 0.25) is 5.02 Å². The Morgan fingerprint density at radius 1 is 1.30 bits per heavy atom. The van der Waals surface area contributed by atoms with Gasteiger partial charge in [-0.05, 0) is 42.0 Å². The molecule has 1 aromatic rings. The highest BCUT2D eigenvalue weighted by Crippen LogP contribution is 2.49. The van der Waals surface area contributed by atoms with Crippen LogP contribution in [0.1, 0.15) is 24.3 Å². The topological polar surface area (TPSA) is 127 Å². The number of rotatable bonds is 5. The standard InChI is InChI=1S/C14H18ClN3O4S/c15-11-3-1-9(2-4-11)12(13(14(19)20)17-18-16)10-5-7-23(21,22)8-6-10/h1-4,10,12-13,21-22H,5-8H2,(H,19,20)/t12-,13-/m0/s1. The highest BCUT2D eigenvalue weighted by Gasteiger charge is 2.38. The van der Waals surface area contributed by atoms with Crippen LogP contribution < -0.4 is 0 Å². The number of carboxylic acids is 1. The van der Waals surface area contributed by atoms with E-state index in [0.717, 1.165) is 5.56 Å². The van der Waals surface area contributed by atoms with Crippen LogP contribution in [0.15, 0.2) is 29.4 Å². The Kier molecular flexibility index (Phi) is 5.78. The Bertz CT molecular complexity index is 607.